The van der Waals surface area contributed by atoms with Crippen molar-refractivity contribution in [1.82, 2.24) is 4.90 Å². The third-order valence-corrected chi connectivity index (χ3v) is 5.45. The number of hydrogen-bond donors (Lipinski definition) is 0. The summed E-state index contributed by atoms with van der Waals surface area (Å²) in [6, 6.07) is 5.26. The summed E-state index contributed by atoms with van der Waals surface area (Å²) in [5.74, 6) is 0. The zero-order valence-electron chi connectivity index (χ0n) is 12.7. The zero-order valence-corrected chi connectivity index (χ0v) is 12.7. The maximum atomic E-state index is 5.85. The van der Waals surface area contributed by atoms with Crippen molar-refractivity contribution in [3.63, 3.8) is 0 Å². The van der Waals surface area contributed by atoms with Crippen LogP contribution in [-0.4, -0.2) is 24.0 Å². The van der Waals surface area contributed by atoms with Gasteiger partial charge in [-0.2, -0.15) is 0 Å². The molecular formula is C18H23NO. The number of hydrogen-bond acceptors (Lipinski definition) is 2. The van der Waals surface area contributed by atoms with Crippen molar-refractivity contribution in [3.8, 4) is 0 Å². The highest BCUT2D eigenvalue weighted by atomic mass is 16.3. The summed E-state index contributed by atoms with van der Waals surface area (Å²) in [5.41, 5.74) is 5.90. The second-order valence-corrected chi connectivity index (χ2v) is 7.17. The number of fused-ring (bicyclic) bond motifs is 3. The monoisotopic (exact) mass is 269 g/mol. The average molecular weight is 269 g/mol. The van der Waals surface area contributed by atoms with Gasteiger partial charge in [0, 0.05) is 18.0 Å². The molecule has 2 aliphatic rings. The van der Waals surface area contributed by atoms with Gasteiger partial charge in [-0.15, -0.1) is 0 Å². The average Bonchev–Trinajstić information content (AvgIpc) is 3.08. The molecule has 0 N–H and O–H groups in total. The minimum atomic E-state index is 0.474. The quantitative estimate of drug-likeness (QED) is 0.779. The highest BCUT2D eigenvalue weighted by molar-refractivity contribution is 5.85. The number of likely N-dealkylation sites (tertiary alicyclic amines) is 1. The smallest absolute Gasteiger partial charge is 0.137 e. The molecule has 0 radical (unpaired) electrons. The molecule has 0 saturated carbocycles. The van der Waals surface area contributed by atoms with Gasteiger partial charge < -0.3 is 9.32 Å². The molecule has 1 spiro atoms. The topological polar surface area (TPSA) is 16.4 Å². The third-order valence-electron chi connectivity index (χ3n) is 5.45. The van der Waals surface area contributed by atoms with Crippen LogP contribution < -0.4 is 0 Å². The predicted octanol–water partition coefficient (Wildman–Crippen LogP) is 3.94. The lowest BCUT2D eigenvalue weighted by Gasteiger charge is -2.25. The van der Waals surface area contributed by atoms with E-state index in [0.29, 0.717) is 11.5 Å². The molecular weight excluding hydrogens is 246 g/mol. The van der Waals surface area contributed by atoms with Crippen LogP contribution in [0, 0.1) is 12.3 Å². The Balaban J connectivity index is 1.72. The number of nitrogens with zero attached hydrogens (tertiary/aromatic N) is 1. The van der Waals surface area contributed by atoms with Crippen molar-refractivity contribution < 1.29 is 4.42 Å². The van der Waals surface area contributed by atoms with Crippen LogP contribution >= 0.6 is 0 Å². The van der Waals surface area contributed by atoms with Crippen molar-refractivity contribution in [2.75, 3.05) is 13.1 Å². The van der Waals surface area contributed by atoms with Crippen LogP contribution in [0.3, 0.4) is 0 Å². The van der Waals surface area contributed by atoms with E-state index in [1.165, 1.54) is 54.4 Å². The fourth-order valence-corrected chi connectivity index (χ4v) is 4.22. The molecule has 0 amide bonds. The molecule has 1 aromatic heterocycles. The zero-order chi connectivity index (χ0) is 13.9. The highest BCUT2D eigenvalue weighted by Gasteiger charge is 2.44. The van der Waals surface area contributed by atoms with Gasteiger partial charge in [-0.05, 0) is 68.7 Å². The molecule has 1 saturated heterocycles. The van der Waals surface area contributed by atoms with Gasteiger partial charge in [-0.25, -0.2) is 0 Å². The molecule has 1 atom stereocenters. The summed E-state index contributed by atoms with van der Waals surface area (Å²) in [4.78, 5) is 2.64. The highest BCUT2D eigenvalue weighted by Crippen LogP contribution is 2.46. The molecule has 2 nitrogen and oxygen atoms in total. The van der Waals surface area contributed by atoms with E-state index in [1.54, 1.807) is 0 Å². The molecule has 0 bridgehead atoms. The number of benzene rings is 1. The first-order valence-corrected chi connectivity index (χ1v) is 7.81. The molecule has 4 rings (SSSR count). The molecule has 1 fully saturated rings. The van der Waals surface area contributed by atoms with Crippen molar-refractivity contribution >= 4 is 11.0 Å². The maximum Gasteiger partial charge on any atom is 0.137 e. The van der Waals surface area contributed by atoms with Gasteiger partial charge in [0.15, 0.2) is 0 Å². The fraction of sp³-hybridized carbons (Fsp3) is 0.556. The molecule has 1 aliphatic heterocycles. The Morgan fingerprint density at radius 2 is 2.10 bits per heavy atom. The SMILES string of the molecule is Cc1coc2c3c(ccc12)CC1(CCN(C(C)C)C1)C3. The Bertz CT molecular complexity index is 669. The second kappa shape index (κ2) is 4.11. The van der Waals surface area contributed by atoms with Crippen molar-refractivity contribution in [2.24, 2.45) is 5.41 Å². The maximum absolute atomic E-state index is 5.85. The molecule has 2 heterocycles. The summed E-state index contributed by atoms with van der Waals surface area (Å²) in [6.45, 7) is 9.27. The van der Waals surface area contributed by atoms with Gasteiger partial charge in [0.25, 0.3) is 0 Å². The van der Waals surface area contributed by atoms with Crippen LogP contribution in [-0.2, 0) is 12.8 Å². The molecule has 1 unspecified atom stereocenters. The van der Waals surface area contributed by atoms with Gasteiger partial charge in [0.2, 0.25) is 0 Å². The van der Waals surface area contributed by atoms with Crippen LogP contribution in [0.25, 0.3) is 11.0 Å². The number of aryl methyl sites for hydroxylation is 1. The largest absolute Gasteiger partial charge is 0.464 e. The molecule has 106 valence electrons. The van der Waals surface area contributed by atoms with Crippen molar-refractivity contribution in [1.29, 1.82) is 0 Å². The van der Waals surface area contributed by atoms with E-state index in [9.17, 15) is 0 Å². The summed E-state index contributed by atoms with van der Waals surface area (Å²) >= 11 is 0. The lowest BCUT2D eigenvalue weighted by Crippen LogP contribution is -2.32. The van der Waals surface area contributed by atoms with Crippen LogP contribution in [0.5, 0.6) is 0 Å². The van der Waals surface area contributed by atoms with Crippen molar-refractivity contribution in [2.45, 2.75) is 46.1 Å². The predicted molar refractivity (Wildman–Crippen MR) is 82.1 cm³/mol. The lowest BCUT2D eigenvalue weighted by atomic mass is 9.84. The summed E-state index contributed by atoms with van der Waals surface area (Å²) in [7, 11) is 0. The minimum Gasteiger partial charge on any atom is -0.464 e. The van der Waals surface area contributed by atoms with Crippen LogP contribution in [0.4, 0.5) is 0 Å². The van der Waals surface area contributed by atoms with Gasteiger partial charge in [-0.1, -0.05) is 12.1 Å². The van der Waals surface area contributed by atoms with Gasteiger partial charge >= 0.3 is 0 Å². The van der Waals surface area contributed by atoms with E-state index in [4.69, 9.17) is 4.42 Å². The second-order valence-electron chi connectivity index (χ2n) is 7.17. The Labute approximate surface area is 120 Å². The molecule has 20 heavy (non-hydrogen) atoms. The van der Waals surface area contributed by atoms with E-state index in [-0.39, 0.29) is 0 Å². The summed E-state index contributed by atoms with van der Waals surface area (Å²) in [6.07, 6.45) is 5.68. The first-order valence-electron chi connectivity index (χ1n) is 7.81. The van der Waals surface area contributed by atoms with E-state index in [0.717, 1.165) is 5.58 Å². The first-order chi connectivity index (χ1) is 9.58. The number of furan rings is 1. The molecule has 2 heteroatoms. The van der Waals surface area contributed by atoms with Crippen molar-refractivity contribution in [3.05, 3.63) is 35.1 Å². The molecule has 2 aromatic rings. The van der Waals surface area contributed by atoms with E-state index in [1.807, 2.05) is 6.26 Å². The fourth-order valence-electron chi connectivity index (χ4n) is 4.22. The van der Waals surface area contributed by atoms with E-state index < -0.39 is 0 Å². The first kappa shape index (κ1) is 12.5. The van der Waals surface area contributed by atoms with E-state index in [2.05, 4.69) is 37.8 Å². The number of rotatable bonds is 1. The minimum absolute atomic E-state index is 0.474. The Kier molecular flexibility index (Phi) is 2.56. The van der Waals surface area contributed by atoms with Gasteiger partial charge in [0.1, 0.15) is 5.58 Å². The Morgan fingerprint density at radius 1 is 1.25 bits per heavy atom. The third kappa shape index (κ3) is 1.67. The van der Waals surface area contributed by atoms with Gasteiger partial charge in [-0.3, -0.25) is 0 Å². The van der Waals surface area contributed by atoms with Crippen LogP contribution in [0.15, 0.2) is 22.8 Å². The van der Waals surface area contributed by atoms with Gasteiger partial charge in [0.05, 0.1) is 6.26 Å². The molecule has 1 aromatic carbocycles. The Hall–Kier alpha value is -1.28. The standard InChI is InChI=1S/C18H23NO/c1-12(2)19-7-6-18(11-19)8-14-4-5-15-13(3)10-20-17(15)16(14)9-18/h4-5,10,12H,6-9,11H2,1-3H3. The van der Waals surface area contributed by atoms with Crippen LogP contribution in [0.2, 0.25) is 0 Å². The van der Waals surface area contributed by atoms with E-state index >= 15 is 0 Å². The summed E-state index contributed by atoms with van der Waals surface area (Å²) in [5, 5.41) is 1.31. The molecule has 1 aliphatic carbocycles. The normalized spacial score (nSPS) is 26.2. The Morgan fingerprint density at radius 3 is 2.85 bits per heavy atom. The lowest BCUT2D eigenvalue weighted by molar-refractivity contribution is 0.228. The summed E-state index contributed by atoms with van der Waals surface area (Å²) < 4.78 is 5.85. The van der Waals surface area contributed by atoms with Crippen LogP contribution in [0.1, 0.15) is 37.0 Å².